The maximum Gasteiger partial charge on any atom is 0.230 e. The molecule has 1 fully saturated rings. The Labute approximate surface area is 157 Å². The van der Waals surface area contributed by atoms with Crippen LogP contribution in [-0.2, 0) is 9.53 Å². The van der Waals surface area contributed by atoms with Gasteiger partial charge in [0, 0.05) is 12.3 Å². The van der Waals surface area contributed by atoms with Gasteiger partial charge in [-0.15, -0.1) is 11.8 Å². The number of hydrogen-bond acceptors (Lipinski definition) is 8. The average molecular weight is 398 g/mol. The minimum absolute atomic E-state index is 0.0733. The fraction of sp³-hybridized carbons (Fsp3) is 0.938. The first-order valence-electron chi connectivity index (χ1n) is 8.77. The van der Waals surface area contributed by atoms with Crippen molar-refractivity contribution in [2.75, 3.05) is 30.4 Å². The van der Waals surface area contributed by atoms with Gasteiger partial charge in [-0.1, -0.05) is 26.2 Å². The molecule has 25 heavy (non-hydrogen) atoms. The Hall–Kier alpha value is -0.0300. The van der Waals surface area contributed by atoms with Crippen LogP contribution in [0.2, 0.25) is 0 Å². The predicted octanol–water partition coefficient (Wildman–Crippen LogP) is -0.0508. The molecule has 0 aromatic carbocycles. The molecule has 1 saturated heterocycles. The van der Waals surface area contributed by atoms with Crippen molar-refractivity contribution in [2.24, 2.45) is 0 Å². The van der Waals surface area contributed by atoms with E-state index in [9.17, 15) is 20.1 Å². The van der Waals surface area contributed by atoms with Gasteiger partial charge in [-0.05, 0) is 12.2 Å². The lowest BCUT2D eigenvalue weighted by Gasteiger charge is -2.39. The molecule has 1 aliphatic rings. The lowest BCUT2D eigenvalue weighted by Crippen LogP contribution is -2.57. The van der Waals surface area contributed by atoms with E-state index in [1.54, 1.807) is 0 Å². The van der Waals surface area contributed by atoms with Gasteiger partial charge in [-0.2, -0.15) is 11.8 Å². The summed E-state index contributed by atoms with van der Waals surface area (Å²) in [5.74, 6) is 1.87. The normalized spacial score (nSPS) is 29.6. The van der Waals surface area contributed by atoms with E-state index in [0.717, 1.165) is 23.3 Å². The third-order valence-corrected chi connectivity index (χ3v) is 6.16. The third kappa shape index (κ3) is 8.47. The molecule has 0 spiro atoms. The summed E-state index contributed by atoms with van der Waals surface area (Å²) in [5.41, 5.74) is -0.866. The molecule has 1 aliphatic heterocycles. The van der Waals surface area contributed by atoms with Crippen molar-refractivity contribution in [3.63, 3.8) is 0 Å². The zero-order valence-electron chi connectivity index (χ0n) is 14.7. The van der Waals surface area contributed by atoms with E-state index in [1.165, 1.54) is 25.7 Å². The van der Waals surface area contributed by atoms with Crippen LogP contribution >= 0.6 is 23.5 Å². The highest BCUT2D eigenvalue weighted by atomic mass is 32.2. The molecule has 9 heteroatoms. The Kier molecular flexibility index (Phi) is 12.1. The summed E-state index contributed by atoms with van der Waals surface area (Å²) in [6.07, 6.45) is -0.0717. The number of amides is 1. The SMILES string of the molecule is CCCCCCSCCNC(=O)CSC1OC(CO)C(O)C(O)C1O. The fourth-order valence-electron chi connectivity index (χ4n) is 2.41. The Morgan fingerprint density at radius 1 is 1.08 bits per heavy atom. The van der Waals surface area contributed by atoms with Gasteiger partial charge in [-0.3, -0.25) is 4.79 Å². The zero-order valence-corrected chi connectivity index (χ0v) is 16.3. The van der Waals surface area contributed by atoms with Gasteiger partial charge in [0.15, 0.2) is 0 Å². The lowest BCUT2D eigenvalue weighted by molar-refractivity contribution is -0.205. The van der Waals surface area contributed by atoms with Crippen LogP contribution in [0.15, 0.2) is 0 Å². The maximum absolute atomic E-state index is 11.8. The highest BCUT2D eigenvalue weighted by Crippen LogP contribution is 2.28. The van der Waals surface area contributed by atoms with Crippen LogP contribution in [-0.4, -0.2) is 86.6 Å². The zero-order chi connectivity index (χ0) is 18.7. The number of aliphatic hydroxyl groups excluding tert-OH is 4. The van der Waals surface area contributed by atoms with Crippen LogP contribution in [0.4, 0.5) is 0 Å². The Morgan fingerprint density at radius 3 is 2.52 bits per heavy atom. The Balaban J connectivity index is 2.14. The molecule has 0 aromatic heterocycles. The van der Waals surface area contributed by atoms with Crippen molar-refractivity contribution in [2.45, 2.75) is 62.5 Å². The number of carbonyl (C=O) groups is 1. The fourth-order valence-corrected chi connectivity index (χ4v) is 4.27. The van der Waals surface area contributed by atoms with Crippen molar-refractivity contribution in [1.29, 1.82) is 0 Å². The summed E-state index contributed by atoms with van der Waals surface area (Å²) in [4.78, 5) is 11.8. The smallest absolute Gasteiger partial charge is 0.230 e. The number of aliphatic hydroxyl groups is 4. The van der Waals surface area contributed by atoms with Crippen LogP contribution < -0.4 is 5.32 Å². The Bertz CT molecular complexity index is 375. The van der Waals surface area contributed by atoms with Gasteiger partial charge in [0.05, 0.1) is 12.4 Å². The maximum atomic E-state index is 11.8. The van der Waals surface area contributed by atoms with E-state index in [-0.39, 0.29) is 11.7 Å². The first-order chi connectivity index (χ1) is 12.0. The first-order valence-corrected chi connectivity index (χ1v) is 11.0. The number of nitrogens with one attached hydrogen (secondary N) is 1. The monoisotopic (exact) mass is 397 g/mol. The minimum Gasteiger partial charge on any atom is -0.394 e. The summed E-state index contributed by atoms with van der Waals surface area (Å²) in [6.45, 7) is 2.31. The molecule has 5 N–H and O–H groups in total. The predicted molar refractivity (Wildman–Crippen MR) is 101 cm³/mol. The molecule has 148 valence electrons. The molecule has 0 aliphatic carbocycles. The average Bonchev–Trinajstić information content (AvgIpc) is 2.61. The van der Waals surface area contributed by atoms with Gasteiger partial charge < -0.3 is 30.5 Å². The largest absolute Gasteiger partial charge is 0.394 e. The second-order valence-electron chi connectivity index (χ2n) is 6.03. The molecule has 0 aromatic rings. The molecule has 7 nitrogen and oxygen atoms in total. The van der Waals surface area contributed by atoms with E-state index in [1.807, 2.05) is 11.8 Å². The van der Waals surface area contributed by atoms with Gasteiger partial charge in [-0.25, -0.2) is 0 Å². The molecule has 1 rings (SSSR count). The van der Waals surface area contributed by atoms with Crippen molar-refractivity contribution in [3.05, 3.63) is 0 Å². The summed E-state index contributed by atoms with van der Waals surface area (Å²) in [5, 5.41) is 41.2. The number of ether oxygens (including phenoxy) is 1. The molecule has 0 saturated carbocycles. The van der Waals surface area contributed by atoms with Gasteiger partial charge in [0.1, 0.15) is 29.9 Å². The minimum atomic E-state index is -1.41. The van der Waals surface area contributed by atoms with Crippen molar-refractivity contribution < 1.29 is 30.0 Å². The Morgan fingerprint density at radius 2 is 1.84 bits per heavy atom. The standard InChI is InChI=1S/C16H31NO6S2/c1-2-3-4-5-7-24-8-6-17-12(19)10-25-16-15(22)14(21)13(20)11(9-18)23-16/h11,13-16,18,20-22H,2-10H2,1H3,(H,17,19). The van der Waals surface area contributed by atoms with Crippen LogP contribution in [0.3, 0.4) is 0 Å². The molecule has 1 heterocycles. The molecule has 5 unspecified atom stereocenters. The number of hydrogen-bond donors (Lipinski definition) is 5. The summed E-state index contributed by atoms with van der Waals surface area (Å²) >= 11 is 2.86. The van der Waals surface area contributed by atoms with E-state index in [4.69, 9.17) is 9.84 Å². The topological polar surface area (TPSA) is 119 Å². The summed E-state index contributed by atoms with van der Waals surface area (Å²) < 4.78 is 5.34. The number of unbranched alkanes of at least 4 members (excludes halogenated alkanes) is 3. The number of carbonyl (C=O) groups excluding carboxylic acids is 1. The molecule has 5 atom stereocenters. The quantitative estimate of drug-likeness (QED) is 0.291. The van der Waals surface area contributed by atoms with Crippen LogP contribution in [0.25, 0.3) is 0 Å². The first kappa shape index (κ1) is 23.0. The van der Waals surface area contributed by atoms with Gasteiger partial charge in [0.25, 0.3) is 0 Å². The number of thioether (sulfide) groups is 2. The molecule has 1 amide bonds. The molecular formula is C16H31NO6S2. The van der Waals surface area contributed by atoms with Crippen LogP contribution in [0.5, 0.6) is 0 Å². The molecular weight excluding hydrogens is 366 g/mol. The third-order valence-electron chi connectivity index (χ3n) is 3.94. The van der Waals surface area contributed by atoms with Crippen molar-refractivity contribution >= 4 is 29.4 Å². The van der Waals surface area contributed by atoms with E-state index in [0.29, 0.717) is 6.54 Å². The van der Waals surface area contributed by atoms with Gasteiger partial charge >= 0.3 is 0 Å². The summed E-state index contributed by atoms with van der Waals surface area (Å²) in [7, 11) is 0. The van der Waals surface area contributed by atoms with E-state index in [2.05, 4.69) is 12.2 Å². The second-order valence-corrected chi connectivity index (χ2v) is 8.34. The van der Waals surface area contributed by atoms with E-state index >= 15 is 0 Å². The van der Waals surface area contributed by atoms with Crippen LogP contribution in [0, 0.1) is 0 Å². The molecule has 0 bridgehead atoms. The summed E-state index contributed by atoms with van der Waals surface area (Å²) in [6, 6.07) is 0. The molecule has 0 radical (unpaired) electrons. The van der Waals surface area contributed by atoms with Crippen LogP contribution in [0.1, 0.15) is 32.6 Å². The van der Waals surface area contributed by atoms with E-state index < -0.39 is 36.5 Å². The van der Waals surface area contributed by atoms with Crippen molar-refractivity contribution in [1.82, 2.24) is 5.32 Å². The van der Waals surface area contributed by atoms with Crippen molar-refractivity contribution in [3.8, 4) is 0 Å². The number of rotatable bonds is 12. The van der Waals surface area contributed by atoms with Gasteiger partial charge in [0.2, 0.25) is 5.91 Å². The highest BCUT2D eigenvalue weighted by molar-refractivity contribution is 8.00. The highest BCUT2D eigenvalue weighted by Gasteiger charge is 2.43. The second kappa shape index (κ2) is 13.2. The lowest BCUT2D eigenvalue weighted by atomic mass is 10.0.